The summed E-state index contributed by atoms with van der Waals surface area (Å²) in [6, 6.07) is 7.86. The third-order valence-electron chi connectivity index (χ3n) is 4.42. The van der Waals surface area contributed by atoms with Crippen LogP contribution in [0.4, 0.5) is 0 Å². The van der Waals surface area contributed by atoms with Crippen molar-refractivity contribution in [1.82, 2.24) is 10.2 Å². The predicted molar refractivity (Wildman–Crippen MR) is 105 cm³/mol. The first-order valence-corrected chi connectivity index (χ1v) is 9.38. The molecule has 144 valence electrons. The monoisotopic (exact) mass is 360 g/mol. The molecular weight excluding hydrogens is 328 g/mol. The number of esters is 1. The number of likely N-dealkylation sites (N-methyl/N-ethyl adjacent to an activating group) is 1. The van der Waals surface area contributed by atoms with Gasteiger partial charge in [-0.25, -0.2) is 9.79 Å². The fourth-order valence-electron chi connectivity index (χ4n) is 3.13. The number of likely N-dealkylation sites (tertiary alicyclic amines) is 1. The van der Waals surface area contributed by atoms with E-state index in [0.29, 0.717) is 24.1 Å². The van der Waals surface area contributed by atoms with Gasteiger partial charge in [0.2, 0.25) is 0 Å². The normalized spacial score (nSPS) is 18.8. The van der Waals surface area contributed by atoms with E-state index in [0.717, 1.165) is 25.2 Å². The summed E-state index contributed by atoms with van der Waals surface area (Å²) in [6.07, 6.45) is 2.45. The lowest BCUT2D eigenvalue weighted by Crippen LogP contribution is -2.42. The van der Waals surface area contributed by atoms with Gasteiger partial charge in [0.25, 0.3) is 0 Å². The van der Waals surface area contributed by atoms with Crippen LogP contribution in [0.15, 0.2) is 29.3 Å². The number of hydrogen-bond acceptors (Lipinski definition) is 4. The van der Waals surface area contributed by atoms with E-state index in [-0.39, 0.29) is 5.97 Å². The van der Waals surface area contributed by atoms with Crippen LogP contribution in [0.1, 0.15) is 56.5 Å². The topological polar surface area (TPSA) is 80.0 Å². The number of rotatable bonds is 6. The predicted octanol–water partition coefficient (Wildman–Crippen LogP) is 2.53. The van der Waals surface area contributed by atoms with E-state index < -0.39 is 5.60 Å². The van der Waals surface area contributed by atoms with E-state index in [1.54, 1.807) is 12.1 Å². The number of ether oxygens (including phenoxy) is 1. The molecule has 1 aromatic carbocycles. The summed E-state index contributed by atoms with van der Waals surface area (Å²) < 4.78 is 5.40. The molecule has 2 rings (SSSR count). The number of nitrogens with two attached hydrogens (primary N) is 1. The highest BCUT2D eigenvalue weighted by atomic mass is 16.6. The van der Waals surface area contributed by atoms with Crippen LogP contribution in [0, 0.1) is 0 Å². The molecule has 1 atom stereocenters. The maximum atomic E-state index is 12.2. The highest BCUT2D eigenvalue weighted by Gasteiger charge is 2.22. The molecule has 26 heavy (non-hydrogen) atoms. The molecule has 0 aromatic heterocycles. The number of carbonyl (C=O) groups is 1. The Bertz CT molecular complexity index is 637. The number of benzene rings is 1. The summed E-state index contributed by atoms with van der Waals surface area (Å²) in [7, 11) is 0. The molecular formula is C20H32N4O2. The molecule has 3 N–H and O–H groups in total. The lowest BCUT2D eigenvalue weighted by atomic mass is 10.1. The molecule has 0 bridgehead atoms. The van der Waals surface area contributed by atoms with Crippen LogP contribution in [-0.4, -0.2) is 48.1 Å². The molecule has 1 heterocycles. The van der Waals surface area contributed by atoms with Gasteiger partial charge in [-0.3, -0.25) is 4.90 Å². The smallest absolute Gasteiger partial charge is 0.338 e. The Hall–Kier alpha value is -2.08. The number of nitrogens with one attached hydrogen (secondary N) is 1. The van der Waals surface area contributed by atoms with Gasteiger partial charge in [-0.1, -0.05) is 19.1 Å². The van der Waals surface area contributed by atoms with E-state index in [9.17, 15) is 4.79 Å². The zero-order chi connectivity index (χ0) is 19.2. The minimum Gasteiger partial charge on any atom is -0.456 e. The first-order valence-electron chi connectivity index (χ1n) is 9.38. The minimum absolute atomic E-state index is 0.324. The lowest BCUT2D eigenvalue weighted by molar-refractivity contribution is 0.00694. The quantitative estimate of drug-likeness (QED) is 0.463. The van der Waals surface area contributed by atoms with E-state index in [1.165, 1.54) is 12.8 Å². The number of carbonyl (C=O) groups excluding carboxylic acids is 1. The molecule has 6 nitrogen and oxygen atoms in total. The van der Waals surface area contributed by atoms with Gasteiger partial charge in [-0.05, 0) is 64.4 Å². The molecule has 6 heteroatoms. The lowest BCUT2D eigenvalue weighted by Gasteiger charge is -2.23. The number of guanidine groups is 1. The van der Waals surface area contributed by atoms with Crippen LogP contribution < -0.4 is 11.1 Å². The Balaban J connectivity index is 1.88. The Morgan fingerprint density at radius 2 is 2.19 bits per heavy atom. The maximum Gasteiger partial charge on any atom is 0.338 e. The van der Waals surface area contributed by atoms with Crippen molar-refractivity contribution in [1.29, 1.82) is 0 Å². The molecule has 1 unspecified atom stereocenters. The Morgan fingerprint density at radius 1 is 1.42 bits per heavy atom. The third-order valence-corrected chi connectivity index (χ3v) is 4.42. The standard InChI is InChI=1S/C20H32N4O2/c1-5-24-11-7-10-17(24)14-23-19(21)22-13-15-8-6-9-16(12-15)18(25)26-20(2,3)4/h6,8-9,12,17H,5,7,10-11,13-14H2,1-4H3,(H3,21,22,23). The molecule has 0 saturated carbocycles. The zero-order valence-corrected chi connectivity index (χ0v) is 16.4. The number of nitrogens with zero attached hydrogens (tertiary/aromatic N) is 2. The van der Waals surface area contributed by atoms with Crippen LogP contribution >= 0.6 is 0 Å². The van der Waals surface area contributed by atoms with E-state index in [4.69, 9.17) is 10.5 Å². The van der Waals surface area contributed by atoms with Crippen LogP contribution in [0.5, 0.6) is 0 Å². The average Bonchev–Trinajstić information content (AvgIpc) is 3.04. The fourth-order valence-corrected chi connectivity index (χ4v) is 3.13. The van der Waals surface area contributed by atoms with Gasteiger partial charge in [-0.15, -0.1) is 0 Å². The summed E-state index contributed by atoms with van der Waals surface area (Å²) in [4.78, 5) is 19.0. The summed E-state index contributed by atoms with van der Waals surface area (Å²) >= 11 is 0. The molecule has 0 radical (unpaired) electrons. The van der Waals surface area contributed by atoms with Crippen molar-refractivity contribution >= 4 is 11.9 Å². The van der Waals surface area contributed by atoms with Crippen LogP contribution in [-0.2, 0) is 11.3 Å². The molecule has 0 spiro atoms. The summed E-state index contributed by atoms with van der Waals surface area (Å²) in [5.74, 6) is 0.117. The number of hydrogen-bond donors (Lipinski definition) is 2. The summed E-state index contributed by atoms with van der Waals surface area (Å²) in [6.45, 7) is 11.2. The van der Waals surface area contributed by atoms with Crippen LogP contribution in [0.25, 0.3) is 0 Å². The first kappa shape index (κ1) is 20.2. The van der Waals surface area contributed by atoms with Gasteiger partial charge < -0.3 is 15.8 Å². The van der Waals surface area contributed by atoms with Gasteiger partial charge in [0.1, 0.15) is 5.60 Å². The molecule has 0 amide bonds. The number of aliphatic imine (C=N–C) groups is 1. The second-order valence-electron chi connectivity index (χ2n) is 7.71. The van der Waals surface area contributed by atoms with Crippen LogP contribution in [0.2, 0.25) is 0 Å². The highest BCUT2D eigenvalue weighted by Crippen LogP contribution is 2.16. The molecule has 1 fully saturated rings. The average molecular weight is 361 g/mol. The summed E-state index contributed by atoms with van der Waals surface area (Å²) in [5.41, 5.74) is 6.95. The van der Waals surface area contributed by atoms with Crippen molar-refractivity contribution in [2.75, 3.05) is 19.6 Å². The Morgan fingerprint density at radius 3 is 2.88 bits per heavy atom. The molecule has 1 aliphatic rings. The van der Waals surface area contributed by atoms with Gasteiger partial charge in [0, 0.05) is 12.6 Å². The molecule has 1 aliphatic heterocycles. The Labute approximate surface area is 156 Å². The Kier molecular flexibility index (Phi) is 7.03. The third kappa shape index (κ3) is 6.33. The first-order chi connectivity index (χ1) is 12.3. The molecule has 1 saturated heterocycles. The van der Waals surface area contributed by atoms with E-state index in [2.05, 4.69) is 22.1 Å². The second kappa shape index (κ2) is 9.03. The van der Waals surface area contributed by atoms with Gasteiger partial charge in [-0.2, -0.15) is 0 Å². The van der Waals surface area contributed by atoms with Gasteiger partial charge in [0.15, 0.2) is 5.96 Å². The maximum absolute atomic E-state index is 12.2. The van der Waals surface area contributed by atoms with Crippen molar-refractivity contribution in [2.45, 2.75) is 58.7 Å². The van der Waals surface area contributed by atoms with Gasteiger partial charge in [0.05, 0.1) is 12.1 Å². The molecule has 0 aliphatic carbocycles. The molecule has 1 aromatic rings. The van der Waals surface area contributed by atoms with Crippen molar-refractivity contribution in [3.63, 3.8) is 0 Å². The van der Waals surface area contributed by atoms with E-state index >= 15 is 0 Å². The van der Waals surface area contributed by atoms with Crippen molar-refractivity contribution < 1.29 is 9.53 Å². The van der Waals surface area contributed by atoms with Crippen LogP contribution in [0.3, 0.4) is 0 Å². The van der Waals surface area contributed by atoms with Gasteiger partial charge >= 0.3 is 5.97 Å². The summed E-state index contributed by atoms with van der Waals surface area (Å²) in [5, 5.41) is 3.22. The van der Waals surface area contributed by atoms with E-state index in [1.807, 2.05) is 32.9 Å². The minimum atomic E-state index is -0.508. The fraction of sp³-hybridized carbons (Fsp3) is 0.600. The van der Waals surface area contributed by atoms with Crippen molar-refractivity contribution in [2.24, 2.45) is 10.7 Å². The largest absolute Gasteiger partial charge is 0.456 e. The van der Waals surface area contributed by atoms with Crippen molar-refractivity contribution in [3.8, 4) is 0 Å². The van der Waals surface area contributed by atoms with Crippen molar-refractivity contribution in [3.05, 3.63) is 35.4 Å². The SMILES string of the molecule is CCN1CCCC1CNC(N)=NCc1cccc(C(=O)OC(C)(C)C)c1. The second-order valence-corrected chi connectivity index (χ2v) is 7.71. The highest BCUT2D eigenvalue weighted by molar-refractivity contribution is 5.89. The zero-order valence-electron chi connectivity index (χ0n) is 16.4.